The minimum Gasteiger partial charge on any atom is -0.481 e. The molecule has 4 heteroatoms. The number of carbonyl (C=O) groups is 2. The summed E-state index contributed by atoms with van der Waals surface area (Å²) < 4.78 is 0. The molecule has 4 saturated carbocycles. The molecule has 5 aliphatic rings. The molecular formula is C30H46O4. The van der Waals surface area contributed by atoms with Crippen LogP contribution in [0, 0.1) is 56.7 Å². The largest absolute Gasteiger partial charge is 0.481 e. The highest BCUT2D eigenvalue weighted by atomic mass is 16.4. The predicted octanol–water partition coefficient (Wildman–Crippen LogP) is 6.27. The summed E-state index contributed by atoms with van der Waals surface area (Å²) in [5.41, 5.74) is 1.29. The summed E-state index contributed by atoms with van der Waals surface area (Å²) in [5, 5.41) is 20.4. The highest BCUT2D eigenvalue weighted by Gasteiger charge is 2.68. The Kier molecular flexibility index (Phi) is 5.36. The number of hydrogen-bond acceptors (Lipinski definition) is 3. The second-order valence-electron chi connectivity index (χ2n) is 14.6. The third-order valence-electron chi connectivity index (χ3n) is 12.7. The van der Waals surface area contributed by atoms with E-state index >= 15 is 0 Å². The second-order valence-corrected chi connectivity index (χ2v) is 14.6. The van der Waals surface area contributed by atoms with Crippen LogP contribution in [0.2, 0.25) is 0 Å². The van der Waals surface area contributed by atoms with Crippen molar-refractivity contribution in [2.24, 2.45) is 56.7 Å². The molecular weight excluding hydrogens is 424 g/mol. The van der Waals surface area contributed by atoms with Crippen LogP contribution in [0.1, 0.15) is 99.3 Å². The molecule has 4 nitrogen and oxygen atoms in total. The summed E-state index contributed by atoms with van der Waals surface area (Å²) in [6.45, 7) is 14.0. The Hall–Kier alpha value is -1.16. The summed E-state index contributed by atoms with van der Waals surface area (Å²) in [6.07, 6.45) is 11.2. The summed E-state index contributed by atoms with van der Waals surface area (Å²) in [6, 6.07) is 0. The summed E-state index contributed by atoms with van der Waals surface area (Å²) in [4.78, 5) is 25.2. The van der Waals surface area contributed by atoms with E-state index in [1.165, 1.54) is 0 Å². The van der Waals surface area contributed by atoms with Crippen molar-refractivity contribution in [1.29, 1.82) is 0 Å². The molecule has 0 saturated heterocycles. The van der Waals surface area contributed by atoms with Gasteiger partial charge in [-0.25, -0.2) is 0 Å². The van der Waals surface area contributed by atoms with Crippen LogP contribution in [0.15, 0.2) is 11.6 Å². The summed E-state index contributed by atoms with van der Waals surface area (Å²) in [7, 11) is 0. The van der Waals surface area contributed by atoms with Gasteiger partial charge in [-0.2, -0.15) is 0 Å². The fraction of sp³-hybridized carbons (Fsp3) is 0.867. The van der Waals surface area contributed by atoms with Crippen molar-refractivity contribution in [3.05, 3.63) is 11.6 Å². The van der Waals surface area contributed by atoms with Crippen molar-refractivity contribution in [2.45, 2.75) is 99.3 Å². The number of Topliss-reactive ketones (excluding diaryl/α,β-unsaturated/α-hetero) is 1. The zero-order chi connectivity index (χ0) is 24.9. The average molecular weight is 471 g/mol. The number of aliphatic carboxylic acids is 1. The zero-order valence-electron chi connectivity index (χ0n) is 22.2. The van der Waals surface area contributed by atoms with Gasteiger partial charge in [-0.15, -0.1) is 0 Å². The number of carboxylic acid groups (broad SMARTS) is 1. The van der Waals surface area contributed by atoms with E-state index in [1.54, 1.807) is 5.57 Å². The van der Waals surface area contributed by atoms with E-state index in [0.717, 1.165) is 51.4 Å². The maximum atomic E-state index is 13.0. The number of rotatable bonds is 2. The number of carboxylic acids is 1. The predicted molar refractivity (Wildman–Crippen MR) is 133 cm³/mol. The fourth-order valence-corrected chi connectivity index (χ4v) is 10.7. The molecule has 5 rings (SSSR count). The van der Waals surface area contributed by atoms with Gasteiger partial charge in [0.05, 0.1) is 17.9 Å². The van der Waals surface area contributed by atoms with E-state index in [1.807, 2.05) is 6.92 Å². The van der Waals surface area contributed by atoms with Gasteiger partial charge in [-0.1, -0.05) is 53.2 Å². The van der Waals surface area contributed by atoms with Crippen LogP contribution in [0.4, 0.5) is 0 Å². The maximum absolute atomic E-state index is 13.0. The van der Waals surface area contributed by atoms with Gasteiger partial charge in [-0.3, -0.25) is 9.59 Å². The number of carbonyl (C=O) groups excluding carboxylic acids is 1. The smallest absolute Gasteiger partial charge is 0.306 e. The van der Waals surface area contributed by atoms with Crippen molar-refractivity contribution >= 4 is 11.8 Å². The Morgan fingerprint density at radius 2 is 1.71 bits per heavy atom. The molecule has 9 atom stereocenters. The molecule has 0 heterocycles. The van der Waals surface area contributed by atoms with E-state index in [0.29, 0.717) is 18.3 Å². The first-order valence-electron chi connectivity index (χ1n) is 13.8. The lowest BCUT2D eigenvalue weighted by Crippen LogP contribution is -2.64. The van der Waals surface area contributed by atoms with Gasteiger partial charge in [0, 0.05) is 6.42 Å². The molecule has 5 aliphatic carbocycles. The quantitative estimate of drug-likeness (QED) is 0.466. The van der Waals surface area contributed by atoms with E-state index in [-0.39, 0.29) is 51.8 Å². The molecule has 4 fully saturated rings. The number of aliphatic hydroxyl groups is 1. The third-order valence-corrected chi connectivity index (χ3v) is 12.7. The number of hydrogen-bond donors (Lipinski definition) is 2. The number of fused-ring (bicyclic) bond motifs is 7. The van der Waals surface area contributed by atoms with Crippen LogP contribution in [-0.4, -0.2) is 28.6 Å². The molecule has 0 bridgehead atoms. The van der Waals surface area contributed by atoms with Crippen molar-refractivity contribution in [1.82, 2.24) is 0 Å². The van der Waals surface area contributed by atoms with Crippen molar-refractivity contribution in [3.63, 3.8) is 0 Å². The summed E-state index contributed by atoms with van der Waals surface area (Å²) >= 11 is 0. The molecule has 0 amide bonds. The van der Waals surface area contributed by atoms with Gasteiger partial charge in [0.15, 0.2) is 0 Å². The normalized spacial score (nSPS) is 51.9. The number of aliphatic hydroxyl groups excluding tert-OH is 1. The van der Waals surface area contributed by atoms with Gasteiger partial charge >= 0.3 is 5.97 Å². The highest BCUT2D eigenvalue weighted by Crippen LogP contribution is 2.74. The molecule has 34 heavy (non-hydrogen) atoms. The lowest BCUT2D eigenvalue weighted by atomic mass is 9.34. The molecule has 2 N–H and O–H groups in total. The van der Waals surface area contributed by atoms with Crippen LogP contribution in [0.5, 0.6) is 0 Å². The highest BCUT2D eigenvalue weighted by molar-refractivity contribution is 5.86. The Balaban J connectivity index is 1.57. The Morgan fingerprint density at radius 3 is 2.35 bits per heavy atom. The first kappa shape index (κ1) is 24.5. The molecule has 0 aromatic carbocycles. The van der Waals surface area contributed by atoms with Gasteiger partial charge < -0.3 is 10.2 Å². The first-order chi connectivity index (χ1) is 15.7. The topological polar surface area (TPSA) is 74.6 Å². The number of ketones is 1. The van der Waals surface area contributed by atoms with E-state index in [9.17, 15) is 19.8 Å². The van der Waals surface area contributed by atoms with Crippen LogP contribution in [0.25, 0.3) is 0 Å². The molecule has 8 unspecified atom stereocenters. The molecule has 0 aliphatic heterocycles. The Bertz CT molecular complexity index is 934. The average Bonchev–Trinajstić information content (AvgIpc) is 2.75. The zero-order valence-corrected chi connectivity index (χ0v) is 22.2. The number of allylic oxidation sites excluding steroid dienone is 2. The standard InChI is InChI=1S/C30H46O4/c1-26(2)15-19-18(20(16-26)25(33)34)9-13-29(5)21(19)7-8-23-27(3)12-11-24(32)28(4,17-31)22(27)10-14-30(23,29)6/h7,18-20,22-23,31H,8-17H2,1-6H3,(H,33,34)/t18?,19?,20-,22?,23?,27?,28?,29?,30?/m1/s1. The summed E-state index contributed by atoms with van der Waals surface area (Å²) in [5.74, 6) is 0.801. The van der Waals surface area contributed by atoms with Crippen LogP contribution in [-0.2, 0) is 9.59 Å². The van der Waals surface area contributed by atoms with Crippen LogP contribution >= 0.6 is 0 Å². The van der Waals surface area contributed by atoms with Crippen LogP contribution < -0.4 is 0 Å². The molecule has 190 valence electrons. The van der Waals surface area contributed by atoms with Crippen LogP contribution in [0.3, 0.4) is 0 Å². The SMILES string of the molecule is CC1(C)CC2C3=CCC4C5(C)CCC(=O)C(C)(CO)C5CCC4(C)C3(C)CCC2[C@H](C(=O)O)C1. The van der Waals surface area contributed by atoms with Gasteiger partial charge in [0.2, 0.25) is 0 Å². The van der Waals surface area contributed by atoms with Crippen molar-refractivity contribution in [2.75, 3.05) is 6.61 Å². The van der Waals surface area contributed by atoms with Crippen molar-refractivity contribution in [3.8, 4) is 0 Å². The van der Waals surface area contributed by atoms with E-state index < -0.39 is 11.4 Å². The molecule has 0 spiro atoms. The minimum atomic E-state index is -0.612. The Labute approximate surface area is 206 Å². The molecule has 0 radical (unpaired) electrons. The third kappa shape index (κ3) is 2.99. The Morgan fingerprint density at radius 1 is 1.00 bits per heavy atom. The van der Waals surface area contributed by atoms with Gasteiger partial charge in [0.1, 0.15) is 5.78 Å². The monoisotopic (exact) mass is 470 g/mol. The van der Waals surface area contributed by atoms with Crippen molar-refractivity contribution < 1.29 is 19.8 Å². The van der Waals surface area contributed by atoms with Gasteiger partial charge in [0.25, 0.3) is 0 Å². The maximum Gasteiger partial charge on any atom is 0.306 e. The minimum absolute atomic E-state index is 0.0384. The second kappa shape index (κ2) is 7.43. The lowest BCUT2D eigenvalue weighted by molar-refractivity contribution is -0.190. The van der Waals surface area contributed by atoms with E-state index in [4.69, 9.17) is 0 Å². The fourth-order valence-electron chi connectivity index (χ4n) is 10.7. The first-order valence-corrected chi connectivity index (χ1v) is 13.8. The lowest BCUT2D eigenvalue weighted by Gasteiger charge is -2.70. The molecule has 0 aromatic heterocycles. The van der Waals surface area contributed by atoms with E-state index in [2.05, 4.69) is 40.7 Å². The van der Waals surface area contributed by atoms with Gasteiger partial charge in [-0.05, 0) is 96.7 Å². The molecule has 0 aromatic rings.